The van der Waals surface area contributed by atoms with Crippen LogP contribution in [-0.2, 0) is 11.2 Å². The number of benzene rings is 1. The molecule has 0 aliphatic carbocycles. The van der Waals surface area contributed by atoms with Gasteiger partial charge < -0.3 is 15.7 Å². The fraction of sp³-hybridized carbons (Fsp3) is 0.562. The summed E-state index contributed by atoms with van der Waals surface area (Å²) in [6, 6.07) is 8.46. The van der Waals surface area contributed by atoms with Gasteiger partial charge in [0.2, 0.25) is 0 Å². The summed E-state index contributed by atoms with van der Waals surface area (Å²) >= 11 is 0. The average Bonchev–Trinajstić information content (AvgIpc) is 2.46. The molecule has 0 bridgehead atoms. The lowest BCUT2D eigenvalue weighted by Crippen LogP contribution is -2.47. The zero-order chi connectivity index (χ0) is 15.2. The maximum Gasteiger partial charge on any atom is 0.323 e. The van der Waals surface area contributed by atoms with Gasteiger partial charge in [0, 0.05) is 19.3 Å². The molecule has 1 aromatic carbocycles. The van der Waals surface area contributed by atoms with E-state index in [-0.39, 0.29) is 0 Å². The molecule has 0 radical (unpaired) electrons. The normalized spacial score (nSPS) is 13.8. The molecule has 3 N–H and O–H groups in total. The van der Waals surface area contributed by atoms with E-state index in [4.69, 9.17) is 10.8 Å². The number of carboxylic acids is 1. The molecule has 0 aromatic heterocycles. The third-order valence-electron chi connectivity index (χ3n) is 3.96. The van der Waals surface area contributed by atoms with Gasteiger partial charge in [-0.05, 0) is 43.4 Å². The van der Waals surface area contributed by atoms with Crippen LogP contribution >= 0.6 is 0 Å². The van der Waals surface area contributed by atoms with Gasteiger partial charge in [0.15, 0.2) is 0 Å². The first-order valence-electron chi connectivity index (χ1n) is 7.25. The highest BCUT2D eigenvalue weighted by Crippen LogP contribution is 2.18. The standard InChI is InChI=1S/C16H26N2O2/c1-4-13-7-9-14(10-8-13)18(3)12-6-11-16(17,5-2)15(19)20/h7-10H,4-6,11-12,17H2,1-3H3,(H,19,20). The van der Waals surface area contributed by atoms with Gasteiger partial charge in [-0.25, -0.2) is 0 Å². The third-order valence-corrected chi connectivity index (χ3v) is 3.96. The zero-order valence-corrected chi connectivity index (χ0v) is 12.7. The van der Waals surface area contributed by atoms with Crippen molar-refractivity contribution < 1.29 is 9.90 Å². The number of anilines is 1. The predicted molar refractivity (Wildman–Crippen MR) is 83.2 cm³/mol. The molecule has 4 heteroatoms. The Balaban J connectivity index is 2.50. The van der Waals surface area contributed by atoms with Gasteiger partial charge >= 0.3 is 5.97 Å². The van der Waals surface area contributed by atoms with Crippen LogP contribution in [0.1, 0.15) is 38.7 Å². The molecule has 20 heavy (non-hydrogen) atoms. The summed E-state index contributed by atoms with van der Waals surface area (Å²) < 4.78 is 0. The van der Waals surface area contributed by atoms with Crippen LogP contribution in [0.15, 0.2) is 24.3 Å². The summed E-state index contributed by atoms with van der Waals surface area (Å²) in [6.45, 7) is 4.76. The van der Waals surface area contributed by atoms with E-state index in [0.717, 1.165) is 25.1 Å². The van der Waals surface area contributed by atoms with E-state index in [0.29, 0.717) is 12.8 Å². The summed E-state index contributed by atoms with van der Waals surface area (Å²) in [7, 11) is 2.02. The highest BCUT2D eigenvalue weighted by atomic mass is 16.4. The van der Waals surface area contributed by atoms with Crippen LogP contribution in [-0.4, -0.2) is 30.2 Å². The Kier molecular flexibility index (Phi) is 6.02. The molecule has 0 saturated carbocycles. The number of aliphatic carboxylic acids is 1. The molecule has 0 spiro atoms. The summed E-state index contributed by atoms with van der Waals surface area (Å²) in [5.74, 6) is -0.907. The van der Waals surface area contributed by atoms with Crippen LogP contribution in [0.4, 0.5) is 5.69 Å². The van der Waals surface area contributed by atoms with Gasteiger partial charge in [-0.2, -0.15) is 0 Å². The number of nitrogens with two attached hydrogens (primary N) is 1. The van der Waals surface area contributed by atoms with Crippen LogP contribution < -0.4 is 10.6 Å². The van der Waals surface area contributed by atoms with Crippen LogP contribution in [0.2, 0.25) is 0 Å². The monoisotopic (exact) mass is 278 g/mol. The Morgan fingerprint density at radius 1 is 1.30 bits per heavy atom. The van der Waals surface area contributed by atoms with Crippen LogP contribution in [0.3, 0.4) is 0 Å². The van der Waals surface area contributed by atoms with E-state index in [1.165, 1.54) is 5.56 Å². The van der Waals surface area contributed by atoms with Gasteiger partial charge in [0.25, 0.3) is 0 Å². The molecule has 0 amide bonds. The van der Waals surface area contributed by atoms with Gasteiger partial charge in [-0.1, -0.05) is 26.0 Å². The first-order valence-corrected chi connectivity index (χ1v) is 7.25. The quantitative estimate of drug-likeness (QED) is 0.767. The van der Waals surface area contributed by atoms with E-state index in [2.05, 4.69) is 36.1 Å². The fourth-order valence-electron chi connectivity index (χ4n) is 2.18. The fourth-order valence-corrected chi connectivity index (χ4v) is 2.18. The molecule has 0 saturated heterocycles. The van der Waals surface area contributed by atoms with E-state index in [1.54, 1.807) is 0 Å². The Bertz CT molecular complexity index is 431. The molecule has 0 aliphatic rings. The molecular formula is C16H26N2O2. The molecule has 4 nitrogen and oxygen atoms in total. The maximum atomic E-state index is 11.1. The molecule has 0 aliphatic heterocycles. The number of aryl methyl sites for hydroxylation is 1. The van der Waals surface area contributed by atoms with E-state index in [9.17, 15) is 4.79 Å². The second-order valence-electron chi connectivity index (χ2n) is 5.36. The van der Waals surface area contributed by atoms with Crippen LogP contribution in [0.25, 0.3) is 0 Å². The van der Waals surface area contributed by atoms with Crippen molar-refractivity contribution in [1.82, 2.24) is 0 Å². The van der Waals surface area contributed by atoms with Crippen molar-refractivity contribution in [3.8, 4) is 0 Å². The van der Waals surface area contributed by atoms with Crippen molar-refractivity contribution in [3.05, 3.63) is 29.8 Å². The van der Waals surface area contributed by atoms with Crippen molar-refractivity contribution in [2.45, 2.75) is 45.1 Å². The number of nitrogens with zero attached hydrogens (tertiary/aromatic N) is 1. The molecule has 112 valence electrons. The molecule has 1 rings (SSSR count). The SMILES string of the molecule is CCc1ccc(N(C)CCCC(N)(CC)C(=O)O)cc1. The molecule has 1 unspecified atom stereocenters. The highest BCUT2D eigenvalue weighted by molar-refractivity contribution is 5.78. The Hall–Kier alpha value is -1.55. The minimum absolute atomic E-state index is 0.456. The number of carboxylic acid groups (broad SMARTS) is 1. The average molecular weight is 278 g/mol. The molecule has 0 fully saturated rings. The van der Waals surface area contributed by atoms with Crippen LogP contribution in [0, 0.1) is 0 Å². The first kappa shape index (κ1) is 16.5. The van der Waals surface area contributed by atoms with Gasteiger partial charge in [-0.15, -0.1) is 0 Å². The van der Waals surface area contributed by atoms with Crippen molar-refractivity contribution in [1.29, 1.82) is 0 Å². The van der Waals surface area contributed by atoms with E-state index >= 15 is 0 Å². The summed E-state index contributed by atoms with van der Waals surface area (Å²) in [5.41, 5.74) is 7.26. The van der Waals surface area contributed by atoms with Crippen LogP contribution in [0.5, 0.6) is 0 Å². The summed E-state index contributed by atoms with van der Waals surface area (Å²) in [5, 5.41) is 9.13. The predicted octanol–water partition coefficient (Wildman–Crippen LogP) is 2.66. The first-order chi connectivity index (χ1) is 9.42. The summed E-state index contributed by atoms with van der Waals surface area (Å²) in [6.07, 6.45) is 2.75. The Labute approximate surface area is 121 Å². The minimum atomic E-state index is -1.09. The summed E-state index contributed by atoms with van der Waals surface area (Å²) in [4.78, 5) is 13.3. The Morgan fingerprint density at radius 2 is 1.90 bits per heavy atom. The minimum Gasteiger partial charge on any atom is -0.480 e. The lowest BCUT2D eigenvalue weighted by molar-refractivity contribution is -0.143. The smallest absolute Gasteiger partial charge is 0.323 e. The molecule has 0 heterocycles. The van der Waals surface area contributed by atoms with Crippen molar-refractivity contribution in [3.63, 3.8) is 0 Å². The topological polar surface area (TPSA) is 66.6 Å². The largest absolute Gasteiger partial charge is 0.480 e. The van der Waals surface area contributed by atoms with Crippen molar-refractivity contribution >= 4 is 11.7 Å². The lowest BCUT2D eigenvalue weighted by Gasteiger charge is -2.25. The van der Waals surface area contributed by atoms with E-state index in [1.807, 2.05) is 14.0 Å². The molecular weight excluding hydrogens is 252 g/mol. The van der Waals surface area contributed by atoms with Gasteiger partial charge in [0.05, 0.1) is 0 Å². The van der Waals surface area contributed by atoms with Gasteiger partial charge in [0.1, 0.15) is 5.54 Å². The van der Waals surface area contributed by atoms with Crippen molar-refractivity contribution in [2.24, 2.45) is 5.73 Å². The zero-order valence-electron chi connectivity index (χ0n) is 12.7. The number of rotatable bonds is 8. The second-order valence-corrected chi connectivity index (χ2v) is 5.36. The maximum absolute atomic E-state index is 11.1. The highest BCUT2D eigenvalue weighted by Gasteiger charge is 2.31. The number of hydrogen-bond donors (Lipinski definition) is 2. The van der Waals surface area contributed by atoms with E-state index < -0.39 is 11.5 Å². The molecule has 1 atom stereocenters. The number of hydrogen-bond acceptors (Lipinski definition) is 3. The third kappa shape index (κ3) is 4.23. The van der Waals surface area contributed by atoms with Gasteiger partial charge in [-0.3, -0.25) is 4.79 Å². The Morgan fingerprint density at radius 3 is 2.35 bits per heavy atom. The van der Waals surface area contributed by atoms with Crippen molar-refractivity contribution in [2.75, 3.05) is 18.5 Å². The number of carbonyl (C=O) groups is 1. The lowest BCUT2D eigenvalue weighted by atomic mass is 9.92. The second kappa shape index (κ2) is 7.29. The molecule has 1 aromatic rings.